The minimum absolute atomic E-state index is 0.0607. The molecule has 0 aromatic heterocycles. The number of hydrogen-bond donors (Lipinski definition) is 3. The van der Waals surface area contributed by atoms with Crippen LogP contribution in [0.5, 0.6) is 5.75 Å². The van der Waals surface area contributed by atoms with E-state index in [2.05, 4.69) is 10.9 Å². The molecule has 2 aliphatic rings. The molecular weight excluding hydrogens is 357 g/mol. The standard InChI is InChI=1S/C22H26FN3O2/c23-18-5-1-15(2-6-18)13-16-9-11-26(12-10-16)22(28)21-14-20(24-25-21)17-3-7-19(27)8-4-17/h1-8,16,20-21,24-25,27H,9-14H2. The van der Waals surface area contributed by atoms with Crippen molar-refractivity contribution in [2.24, 2.45) is 5.92 Å². The number of carbonyl (C=O) groups is 1. The summed E-state index contributed by atoms with van der Waals surface area (Å²) in [5, 5.41) is 9.42. The summed E-state index contributed by atoms with van der Waals surface area (Å²) in [6.45, 7) is 1.54. The molecule has 6 heteroatoms. The van der Waals surface area contributed by atoms with E-state index < -0.39 is 0 Å². The maximum absolute atomic E-state index is 13.0. The van der Waals surface area contributed by atoms with Gasteiger partial charge in [-0.25, -0.2) is 15.2 Å². The largest absolute Gasteiger partial charge is 0.508 e. The summed E-state index contributed by atoms with van der Waals surface area (Å²) in [7, 11) is 0. The number of carbonyl (C=O) groups excluding carboxylic acids is 1. The molecule has 2 heterocycles. The Morgan fingerprint density at radius 3 is 2.39 bits per heavy atom. The van der Waals surface area contributed by atoms with E-state index in [0.717, 1.165) is 43.5 Å². The average molecular weight is 383 g/mol. The van der Waals surface area contributed by atoms with Gasteiger partial charge >= 0.3 is 0 Å². The van der Waals surface area contributed by atoms with Crippen LogP contribution in [0.3, 0.4) is 0 Å². The first-order valence-corrected chi connectivity index (χ1v) is 9.92. The minimum atomic E-state index is -0.229. The fraction of sp³-hybridized carbons (Fsp3) is 0.409. The molecule has 5 nitrogen and oxygen atoms in total. The summed E-state index contributed by atoms with van der Waals surface area (Å²) in [6.07, 6.45) is 3.59. The Kier molecular flexibility index (Phi) is 5.59. The van der Waals surface area contributed by atoms with Gasteiger partial charge in [0.05, 0.1) is 0 Å². The molecule has 2 saturated heterocycles. The molecule has 4 rings (SSSR count). The second-order valence-corrected chi connectivity index (χ2v) is 7.82. The van der Waals surface area contributed by atoms with Gasteiger partial charge in [-0.3, -0.25) is 4.79 Å². The molecule has 148 valence electrons. The number of piperidine rings is 1. The third-order valence-corrected chi connectivity index (χ3v) is 5.86. The van der Waals surface area contributed by atoms with Crippen LogP contribution in [0.25, 0.3) is 0 Å². The fourth-order valence-electron chi connectivity index (χ4n) is 4.18. The van der Waals surface area contributed by atoms with E-state index in [0.29, 0.717) is 12.3 Å². The van der Waals surface area contributed by atoms with Crippen LogP contribution < -0.4 is 10.9 Å². The monoisotopic (exact) mass is 383 g/mol. The summed E-state index contributed by atoms with van der Waals surface area (Å²) in [4.78, 5) is 14.8. The molecule has 28 heavy (non-hydrogen) atoms. The van der Waals surface area contributed by atoms with E-state index in [9.17, 15) is 14.3 Å². The molecule has 2 unspecified atom stereocenters. The quantitative estimate of drug-likeness (QED) is 0.760. The van der Waals surface area contributed by atoms with E-state index in [1.54, 1.807) is 12.1 Å². The number of hydrazine groups is 1. The summed E-state index contributed by atoms with van der Waals surface area (Å²) < 4.78 is 13.0. The lowest BCUT2D eigenvalue weighted by atomic mass is 9.90. The SMILES string of the molecule is O=C(C1CC(c2ccc(O)cc2)NN1)N1CCC(Cc2ccc(F)cc2)CC1. The molecule has 2 fully saturated rings. The van der Waals surface area contributed by atoms with E-state index in [4.69, 9.17) is 0 Å². The van der Waals surface area contributed by atoms with Crippen LogP contribution in [0.2, 0.25) is 0 Å². The van der Waals surface area contributed by atoms with Gasteiger partial charge in [-0.2, -0.15) is 0 Å². The molecular formula is C22H26FN3O2. The third kappa shape index (κ3) is 4.34. The lowest BCUT2D eigenvalue weighted by Crippen LogP contribution is -2.48. The molecule has 3 N–H and O–H groups in total. The third-order valence-electron chi connectivity index (χ3n) is 5.86. The predicted molar refractivity (Wildman–Crippen MR) is 105 cm³/mol. The number of likely N-dealkylation sites (tertiary alicyclic amines) is 1. The highest BCUT2D eigenvalue weighted by molar-refractivity contribution is 5.82. The zero-order chi connectivity index (χ0) is 19.5. The van der Waals surface area contributed by atoms with Gasteiger partial charge in [-0.15, -0.1) is 0 Å². The van der Waals surface area contributed by atoms with Gasteiger partial charge in [0.1, 0.15) is 17.6 Å². The number of aromatic hydroxyl groups is 1. The maximum Gasteiger partial charge on any atom is 0.241 e. The summed E-state index contributed by atoms with van der Waals surface area (Å²) >= 11 is 0. The number of nitrogens with one attached hydrogen (secondary N) is 2. The molecule has 1 amide bonds. The lowest BCUT2D eigenvalue weighted by molar-refractivity contribution is -0.134. The van der Waals surface area contributed by atoms with Crippen molar-refractivity contribution in [2.45, 2.75) is 37.8 Å². The Bertz CT molecular complexity index is 802. The Balaban J connectivity index is 1.27. The average Bonchev–Trinajstić information content (AvgIpc) is 3.20. The number of nitrogens with zero attached hydrogens (tertiary/aromatic N) is 1. The number of rotatable bonds is 4. The highest BCUT2D eigenvalue weighted by Crippen LogP contribution is 2.27. The first-order chi connectivity index (χ1) is 13.6. The number of phenols is 1. The second-order valence-electron chi connectivity index (χ2n) is 7.82. The van der Waals surface area contributed by atoms with E-state index in [1.807, 2.05) is 29.2 Å². The van der Waals surface area contributed by atoms with Crippen LogP contribution >= 0.6 is 0 Å². The lowest BCUT2D eigenvalue weighted by Gasteiger charge is -2.33. The van der Waals surface area contributed by atoms with E-state index in [1.165, 1.54) is 12.1 Å². The van der Waals surface area contributed by atoms with Crippen molar-refractivity contribution in [3.63, 3.8) is 0 Å². The van der Waals surface area contributed by atoms with Crippen molar-refractivity contribution >= 4 is 5.91 Å². The van der Waals surface area contributed by atoms with Crippen molar-refractivity contribution in [2.75, 3.05) is 13.1 Å². The van der Waals surface area contributed by atoms with Crippen molar-refractivity contribution in [1.29, 1.82) is 0 Å². The molecule has 2 atom stereocenters. The number of hydrogen-bond acceptors (Lipinski definition) is 4. The van der Waals surface area contributed by atoms with Gasteiger partial charge in [0, 0.05) is 19.1 Å². The fourth-order valence-corrected chi connectivity index (χ4v) is 4.18. The summed E-state index contributed by atoms with van der Waals surface area (Å²) in [5.74, 6) is 0.723. The zero-order valence-electron chi connectivity index (χ0n) is 15.8. The molecule has 2 aliphatic heterocycles. The topological polar surface area (TPSA) is 64.6 Å². The Hall–Kier alpha value is -2.44. The van der Waals surface area contributed by atoms with Crippen molar-refractivity contribution < 1.29 is 14.3 Å². The zero-order valence-corrected chi connectivity index (χ0v) is 15.8. The minimum Gasteiger partial charge on any atom is -0.508 e. The van der Waals surface area contributed by atoms with Gasteiger partial charge in [-0.1, -0.05) is 24.3 Å². The molecule has 0 saturated carbocycles. The van der Waals surface area contributed by atoms with Crippen LogP contribution in [0.4, 0.5) is 4.39 Å². The predicted octanol–water partition coefficient (Wildman–Crippen LogP) is 2.92. The number of phenolic OH excluding ortho intramolecular Hbond substituents is 1. The molecule has 0 aliphatic carbocycles. The summed E-state index contributed by atoms with van der Waals surface area (Å²) in [6, 6.07) is 13.6. The highest BCUT2D eigenvalue weighted by atomic mass is 19.1. The maximum atomic E-state index is 13.0. The molecule has 0 spiro atoms. The van der Waals surface area contributed by atoms with Crippen LogP contribution in [-0.4, -0.2) is 35.0 Å². The first-order valence-electron chi connectivity index (χ1n) is 9.92. The number of halogens is 1. The van der Waals surface area contributed by atoms with Gasteiger partial charge in [0.25, 0.3) is 0 Å². The first kappa shape index (κ1) is 18.9. The van der Waals surface area contributed by atoms with Crippen LogP contribution in [0, 0.1) is 11.7 Å². The molecule has 2 aromatic rings. The molecule has 0 radical (unpaired) electrons. The van der Waals surface area contributed by atoms with Crippen LogP contribution in [-0.2, 0) is 11.2 Å². The van der Waals surface area contributed by atoms with E-state index in [-0.39, 0.29) is 29.6 Å². The van der Waals surface area contributed by atoms with Gasteiger partial charge in [-0.05, 0) is 67.0 Å². The Labute approximate surface area is 164 Å². The van der Waals surface area contributed by atoms with Crippen molar-refractivity contribution in [3.8, 4) is 5.75 Å². The second kappa shape index (κ2) is 8.29. The smallest absolute Gasteiger partial charge is 0.241 e. The van der Waals surface area contributed by atoms with Crippen LogP contribution in [0.15, 0.2) is 48.5 Å². The van der Waals surface area contributed by atoms with Gasteiger partial charge in [0.2, 0.25) is 5.91 Å². The Morgan fingerprint density at radius 1 is 1.04 bits per heavy atom. The van der Waals surface area contributed by atoms with Crippen molar-refractivity contribution in [3.05, 3.63) is 65.5 Å². The summed E-state index contributed by atoms with van der Waals surface area (Å²) in [5.41, 5.74) is 8.54. The van der Waals surface area contributed by atoms with Crippen molar-refractivity contribution in [1.82, 2.24) is 15.8 Å². The van der Waals surface area contributed by atoms with E-state index >= 15 is 0 Å². The van der Waals surface area contributed by atoms with Gasteiger partial charge < -0.3 is 10.0 Å². The number of benzene rings is 2. The normalized spacial score (nSPS) is 23.1. The highest BCUT2D eigenvalue weighted by Gasteiger charge is 2.34. The number of amides is 1. The van der Waals surface area contributed by atoms with Crippen LogP contribution in [0.1, 0.15) is 36.4 Å². The molecule has 0 bridgehead atoms. The van der Waals surface area contributed by atoms with Gasteiger partial charge in [0.15, 0.2) is 0 Å². The molecule has 2 aromatic carbocycles. The Morgan fingerprint density at radius 2 is 1.71 bits per heavy atom.